The van der Waals surface area contributed by atoms with E-state index >= 15 is 0 Å². The van der Waals surface area contributed by atoms with E-state index in [4.69, 9.17) is 10.5 Å². The lowest BCUT2D eigenvalue weighted by molar-refractivity contribution is -0.155. The van der Waals surface area contributed by atoms with E-state index < -0.39 is 5.41 Å². The summed E-state index contributed by atoms with van der Waals surface area (Å²) in [6.07, 6.45) is 10.1. The smallest absolute Gasteiger partial charge is 0.311 e. The topological polar surface area (TPSA) is 120 Å². The predicted molar refractivity (Wildman–Crippen MR) is 147 cm³/mol. The van der Waals surface area contributed by atoms with Crippen molar-refractivity contribution in [2.24, 2.45) is 21.3 Å². The molecule has 0 bridgehead atoms. The lowest BCUT2D eigenvalue weighted by atomic mass is 9.91. The predicted octanol–water partition coefficient (Wildman–Crippen LogP) is 5.02. The summed E-state index contributed by atoms with van der Waals surface area (Å²) in [7, 11) is 4.95. The number of aliphatic imine (C=N–C) groups is 2. The van der Waals surface area contributed by atoms with Crippen molar-refractivity contribution in [2.75, 3.05) is 26.9 Å². The number of carbonyl (C=O) groups is 3. The number of hydrogen-bond donors (Lipinski definition) is 1. The molecular formula is C28H41N3O5. The van der Waals surface area contributed by atoms with Gasteiger partial charge in [-0.1, -0.05) is 39.0 Å². The number of aldehydes is 1. The molecule has 1 aromatic carbocycles. The molecule has 1 unspecified atom stereocenters. The van der Waals surface area contributed by atoms with Gasteiger partial charge in [-0.15, -0.1) is 0 Å². The third-order valence-electron chi connectivity index (χ3n) is 5.66. The fourth-order valence-corrected chi connectivity index (χ4v) is 2.52. The second-order valence-corrected chi connectivity index (χ2v) is 8.66. The molecule has 1 aliphatic carbocycles. The third-order valence-corrected chi connectivity index (χ3v) is 5.66. The van der Waals surface area contributed by atoms with Crippen LogP contribution in [0, 0.1) is 11.3 Å². The Bertz CT molecular complexity index is 965. The number of anilines is 1. The summed E-state index contributed by atoms with van der Waals surface area (Å²) in [6.45, 7) is 9.62. The minimum atomic E-state index is -0.478. The van der Waals surface area contributed by atoms with Crippen LogP contribution < -0.4 is 5.73 Å². The summed E-state index contributed by atoms with van der Waals surface area (Å²) in [6, 6.07) is 5.00. The second-order valence-electron chi connectivity index (χ2n) is 8.66. The molecule has 0 aromatic heterocycles. The van der Waals surface area contributed by atoms with E-state index in [1.54, 1.807) is 32.3 Å². The first kappa shape index (κ1) is 32.5. The zero-order chi connectivity index (χ0) is 27.7. The molecule has 1 aromatic rings. The molecule has 0 aliphatic heterocycles. The minimum absolute atomic E-state index is 0.0556. The van der Waals surface area contributed by atoms with Gasteiger partial charge in [0.25, 0.3) is 0 Å². The molecule has 0 heterocycles. The largest absolute Gasteiger partial charge is 0.469 e. The molecule has 8 nitrogen and oxygen atoms in total. The summed E-state index contributed by atoms with van der Waals surface area (Å²) >= 11 is 0. The number of hydrogen-bond acceptors (Lipinski definition) is 8. The first-order valence-electron chi connectivity index (χ1n) is 11.9. The SMILES string of the molecule is CCC(C)(C)C(=O)OCc1ccc(C=O)c(N)c1.CCC(C)C(=O)OC.CN=C1C=CC=CC1=NC. The Kier molecular flexibility index (Phi) is 15.3. The summed E-state index contributed by atoms with van der Waals surface area (Å²) < 4.78 is 9.69. The first-order chi connectivity index (χ1) is 17.0. The second kappa shape index (κ2) is 17.0. The van der Waals surface area contributed by atoms with Crippen LogP contribution in [0.2, 0.25) is 0 Å². The van der Waals surface area contributed by atoms with Crippen molar-refractivity contribution in [3.8, 4) is 0 Å². The number of esters is 2. The average Bonchev–Trinajstić information content (AvgIpc) is 2.91. The molecule has 0 saturated heterocycles. The van der Waals surface area contributed by atoms with Crippen molar-refractivity contribution in [1.82, 2.24) is 0 Å². The normalized spacial score (nSPS) is 15.2. The van der Waals surface area contributed by atoms with Gasteiger partial charge < -0.3 is 15.2 Å². The molecule has 0 saturated carbocycles. The Hall–Kier alpha value is -3.55. The molecule has 198 valence electrons. The van der Waals surface area contributed by atoms with Gasteiger partial charge in [0, 0.05) is 25.3 Å². The van der Waals surface area contributed by atoms with E-state index in [9.17, 15) is 14.4 Å². The highest BCUT2D eigenvalue weighted by molar-refractivity contribution is 6.51. The van der Waals surface area contributed by atoms with Crippen molar-refractivity contribution in [2.45, 2.75) is 54.1 Å². The van der Waals surface area contributed by atoms with Crippen molar-refractivity contribution in [3.05, 3.63) is 53.6 Å². The number of carbonyl (C=O) groups excluding carboxylic acids is 3. The lowest BCUT2D eigenvalue weighted by Gasteiger charge is -2.20. The zero-order valence-corrected chi connectivity index (χ0v) is 22.8. The number of methoxy groups -OCH3 is 1. The lowest BCUT2D eigenvalue weighted by Crippen LogP contribution is -2.25. The van der Waals surface area contributed by atoms with Crippen LogP contribution in [0.5, 0.6) is 0 Å². The van der Waals surface area contributed by atoms with Gasteiger partial charge in [0.05, 0.1) is 29.9 Å². The number of rotatable bonds is 7. The van der Waals surface area contributed by atoms with E-state index in [0.717, 1.165) is 29.8 Å². The number of benzene rings is 1. The van der Waals surface area contributed by atoms with Crippen LogP contribution in [-0.2, 0) is 25.7 Å². The van der Waals surface area contributed by atoms with E-state index in [1.807, 2.05) is 58.9 Å². The van der Waals surface area contributed by atoms with Gasteiger partial charge in [0.2, 0.25) is 0 Å². The standard InChI is InChI=1S/C14H19NO3.C8H10N2.C6H12O2/c1-4-14(2,3)13(17)18-9-10-5-6-11(8-16)12(15)7-10;1-9-7-5-3-4-6-8(7)10-2;1-4-5(2)6(7)8-3/h5-8H,4,9,15H2,1-3H3;3-6H,1-2H3;5H,4H2,1-3H3. The molecule has 0 fully saturated rings. The fourth-order valence-electron chi connectivity index (χ4n) is 2.52. The zero-order valence-electron chi connectivity index (χ0n) is 22.8. The average molecular weight is 500 g/mol. The van der Waals surface area contributed by atoms with Gasteiger partial charge in [-0.25, -0.2) is 0 Å². The monoisotopic (exact) mass is 499 g/mol. The van der Waals surface area contributed by atoms with Crippen molar-refractivity contribution >= 4 is 35.3 Å². The summed E-state index contributed by atoms with van der Waals surface area (Å²) in [5, 5.41) is 0. The first-order valence-corrected chi connectivity index (χ1v) is 11.9. The Labute approximate surface area is 215 Å². The molecule has 8 heteroatoms. The van der Waals surface area contributed by atoms with E-state index in [-0.39, 0.29) is 24.5 Å². The Morgan fingerprint density at radius 1 is 1.08 bits per heavy atom. The van der Waals surface area contributed by atoms with Gasteiger partial charge >= 0.3 is 11.9 Å². The van der Waals surface area contributed by atoms with Crippen molar-refractivity contribution in [1.29, 1.82) is 0 Å². The number of nitrogens with two attached hydrogens (primary N) is 1. The molecule has 1 atom stereocenters. The minimum Gasteiger partial charge on any atom is -0.469 e. The van der Waals surface area contributed by atoms with Gasteiger partial charge in [0.15, 0.2) is 6.29 Å². The van der Waals surface area contributed by atoms with Crippen LogP contribution >= 0.6 is 0 Å². The van der Waals surface area contributed by atoms with Crippen LogP contribution in [0.15, 0.2) is 52.5 Å². The summed E-state index contributed by atoms with van der Waals surface area (Å²) in [4.78, 5) is 41.0. The van der Waals surface area contributed by atoms with Gasteiger partial charge in [-0.05, 0) is 56.5 Å². The Morgan fingerprint density at radius 2 is 1.64 bits per heavy atom. The summed E-state index contributed by atoms with van der Waals surface area (Å²) in [5.74, 6) is -0.296. The molecule has 0 spiro atoms. The van der Waals surface area contributed by atoms with E-state index in [1.165, 1.54) is 7.11 Å². The Morgan fingerprint density at radius 3 is 2.00 bits per heavy atom. The van der Waals surface area contributed by atoms with Crippen LogP contribution in [0.4, 0.5) is 5.69 Å². The maximum atomic E-state index is 11.8. The maximum absolute atomic E-state index is 11.8. The van der Waals surface area contributed by atoms with E-state index in [0.29, 0.717) is 17.5 Å². The molecule has 2 N–H and O–H groups in total. The molecular weight excluding hydrogens is 458 g/mol. The number of nitrogen functional groups attached to an aromatic ring is 1. The van der Waals surface area contributed by atoms with Gasteiger partial charge in [-0.3, -0.25) is 24.4 Å². The number of allylic oxidation sites excluding steroid dienone is 4. The highest BCUT2D eigenvalue weighted by atomic mass is 16.5. The number of ether oxygens (including phenoxy) is 2. The molecule has 1 aliphatic rings. The van der Waals surface area contributed by atoms with Gasteiger partial charge in [-0.2, -0.15) is 0 Å². The highest BCUT2D eigenvalue weighted by Gasteiger charge is 2.26. The third kappa shape index (κ3) is 11.3. The van der Waals surface area contributed by atoms with Crippen LogP contribution in [-0.4, -0.2) is 50.9 Å². The Balaban J connectivity index is 0.000000572. The van der Waals surface area contributed by atoms with E-state index in [2.05, 4.69) is 14.7 Å². The van der Waals surface area contributed by atoms with Crippen LogP contribution in [0.1, 0.15) is 63.4 Å². The van der Waals surface area contributed by atoms with Crippen LogP contribution in [0.3, 0.4) is 0 Å². The molecule has 0 radical (unpaired) electrons. The van der Waals surface area contributed by atoms with Gasteiger partial charge in [0.1, 0.15) is 6.61 Å². The maximum Gasteiger partial charge on any atom is 0.311 e. The quantitative estimate of drug-likeness (QED) is 0.243. The fraction of sp³-hybridized carbons (Fsp3) is 0.464. The highest BCUT2D eigenvalue weighted by Crippen LogP contribution is 2.22. The van der Waals surface area contributed by atoms with Crippen molar-refractivity contribution in [3.63, 3.8) is 0 Å². The summed E-state index contributed by atoms with van der Waals surface area (Å²) in [5.41, 5.74) is 8.72. The molecule has 0 amide bonds. The van der Waals surface area contributed by atoms with Crippen LogP contribution in [0.25, 0.3) is 0 Å². The molecule has 2 rings (SSSR count). The molecule has 36 heavy (non-hydrogen) atoms. The van der Waals surface area contributed by atoms with Crippen molar-refractivity contribution < 1.29 is 23.9 Å². The number of nitrogens with zero attached hydrogens (tertiary/aromatic N) is 2.